The van der Waals surface area contributed by atoms with Gasteiger partial charge >= 0.3 is 18.1 Å². The number of halogens is 3. The molecule has 11 nitrogen and oxygen atoms in total. The van der Waals surface area contributed by atoms with E-state index in [1.54, 1.807) is 6.07 Å². The monoisotopic (exact) mass is 512 g/mol. The molecule has 0 aromatic heterocycles. The van der Waals surface area contributed by atoms with E-state index in [0.717, 1.165) is 6.26 Å². The molecule has 1 aromatic carbocycles. The zero-order valence-corrected chi connectivity index (χ0v) is 19.5. The summed E-state index contributed by atoms with van der Waals surface area (Å²) in [6.45, 7) is 6.62. The van der Waals surface area contributed by atoms with Gasteiger partial charge in [0.05, 0.1) is 29.7 Å². The molecule has 0 saturated carbocycles. The molecule has 192 valence electrons. The van der Waals surface area contributed by atoms with Gasteiger partial charge in [0.2, 0.25) is 15.9 Å². The molecule has 0 atom stereocenters. The molecule has 1 heterocycles. The predicted octanol–water partition coefficient (Wildman–Crippen LogP) is 1.04. The van der Waals surface area contributed by atoms with Crippen LogP contribution in [0.4, 0.5) is 24.5 Å². The summed E-state index contributed by atoms with van der Waals surface area (Å²) in [7, 11) is -3.55. The SMILES string of the molecule is CC(C)NC(=O)CN1CCN(c2ccc(C(=O)O)cc2NS(C)(=O)=O)CC1.O=C(O)C(F)(F)F. The summed E-state index contributed by atoms with van der Waals surface area (Å²) in [5, 5.41) is 19.1. The number of piperazine rings is 1. The Morgan fingerprint density at radius 1 is 1.09 bits per heavy atom. The van der Waals surface area contributed by atoms with Crippen molar-refractivity contribution in [3.8, 4) is 0 Å². The third-order valence-corrected chi connectivity index (χ3v) is 4.90. The summed E-state index contributed by atoms with van der Waals surface area (Å²) in [6.07, 6.45) is -4.06. The van der Waals surface area contributed by atoms with E-state index in [1.165, 1.54) is 12.1 Å². The number of carboxylic acids is 2. The summed E-state index contributed by atoms with van der Waals surface area (Å²) < 4.78 is 57.4. The number of sulfonamides is 1. The number of nitrogens with one attached hydrogen (secondary N) is 2. The first kappa shape index (κ1) is 29.0. The maximum Gasteiger partial charge on any atom is 0.490 e. The highest BCUT2D eigenvalue weighted by atomic mass is 32.2. The Labute approximate surface area is 194 Å². The lowest BCUT2D eigenvalue weighted by Crippen LogP contribution is -2.50. The van der Waals surface area contributed by atoms with Crippen LogP contribution in [0.15, 0.2) is 18.2 Å². The van der Waals surface area contributed by atoms with Crippen molar-refractivity contribution in [3.63, 3.8) is 0 Å². The third-order valence-electron chi connectivity index (χ3n) is 4.31. The number of amides is 1. The Morgan fingerprint density at radius 3 is 2.03 bits per heavy atom. The van der Waals surface area contributed by atoms with Gasteiger partial charge in [0.1, 0.15) is 0 Å². The highest BCUT2D eigenvalue weighted by Crippen LogP contribution is 2.29. The van der Waals surface area contributed by atoms with Gasteiger partial charge in [0, 0.05) is 32.2 Å². The number of carbonyl (C=O) groups excluding carboxylic acids is 1. The summed E-state index contributed by atoms with van der Waals surface area (Å²) in [4.78, 5) is 36.0. The third kappa shape index (κ3) is 10.2. The van der Waals surface area contributed by atoms with E-state index in [-0.39, 0.29) is 23.2 Å². The highest BCUT2D eigenvalue weighted by molar-refractivity contribution is 7.92. The number of alkyl halides is 3. The van der Waals surface area contributed by atoms with Gasteiger partial charge in [-0.1, -0.05) is 0 Å². The lowest BCUT2D eigenvalue weighted by atomic mass is 10.1. The Morgan fingerprint density at radius 2 is 1.62 bits per heavy atom. The molecule has 1 aliphatic rings. The van der Waals surface area contributed by atoms with Crippen molar-refractivity contribution in [2.75, 3.05) is 48.6 Å². The highest BCUT2D eigenvalue weighted by Gasteiger charge is 2.38. The fourth-order valence-electron chi connectivity index (χ4n) is 2.94. The van der Waals surface area contributed by atoms with Crippen LogP contribution in [0.3, 0.4) is 0 Å². The van der Waals surface area contributed by atoms with E-state index in [2.05, 4.69) is 10.0 Å². The van der Waals surface area contributed by atoms with Gasteiger partial charge in [-0.3, -0.25) is 14.4 Å². The minimum absolute atomic E-state index is 0.00823. The molecular weight excluding hydrogens is 485 g/mol. The van der Waals surface area contributed by atoms with E-state index < -0.39 is 28.1 Å². The number of benzene rings is 1. The smallest absolute Gasteiger partial charge is 0.478 e. The maximum absolute atomic E-state index is 11.9. The lowest BCUT2D eigenvalue weighted by molar-refractivity contribution is -0.192. The average Bonchev–Trinajstić information content (AvgIpc) is 2.66. The largest absolute Gasteiger partial charge is 0.490 e. The van der Waals surface area contributed by atoms with E-state index in [4.69, 9.17) is 15.0 Å². The summed E-state index contributed by atoms with van der Waals surface area (Å²) in [6, 6.07) is 4.48. The lowest BCUT2D eigenvalue weighted by Gasteiger charge is -2.36. The Bertz CT molecular complexity index is 992. The molecule has 4 N–H and O–H groups in total. The fourth-order valence-corrected chi connectivity index (χ4v) is 3.51. The van der Waals surface area contributed by atoms with Gasteiger partial charge < -0.3 is 20.4 Å². The van der Waals surface area contributed by atoms with E-state index >= 15 is 0 Å². The van der Waals surface area contributed by atoms with Gasteiger partial charge in [-0.2, -0.15) is 13.2 Å². The fraction of sp³-hybridized carbons (Fsp3) is 0.526. The standard InChI is InChI=1S/C17H26N4O5S.C2HF3O2/c1-12(2)18-16(22)11-20-6-8-21(9-7-20)15-5-4-13(17(23)24)10-14(15)19-27(3,25)26;3-2(4,5)1(6)7/h4-5,10,12,19H,6-9,11H2,1-3H3,(H,18,22)(H,23,24);(H,6,7). The topological polar surface area (TPSA) is 156 Å². The van der Waals surface area contributed by atoms with Crippen molar-refractivity contribution in [1.82, 2.24) is 10.2 Å². The molecule has 1 amide bonds. The van der Waals surface area contributed by atoms with E-state index in [9.17, 15) is 31.2 Å². The van der Waals surface area contributed by atoms with Crippen LogP contribution in [0.25, 0.3) is 0 Å². The van der Waals surface area contributed by atoms with Crippen LogP contribution >= 0.6 is 0 Å². The number of carboxylic acid groups (broad SMARTS) is 2. The molecule has 1 aliphatic heterocycles. The van der Waals surface area contributed by atoms with Gasteiger partial charge in [0.15, 0.2) is 0 Å². The molecule has 34 heavy (non-hydrogen) atoms. The molecule has 2 rings (SSSR count). The van der Waals surface area contributed by atoms with Crippen LogP contribution in [0.5, 0.6) is 0 Å². The van der Waals surface area contributed by atoms with Crippen molar-refractivity contribution >= 4 is 39.2 Å². The van der Waals surface area contributed by atoms with Crippen LogP contribution in [-0.2, 0) is 19.6 Å². The zero-order valence-electron chi connectivity index (χ0n) is 18.7. The van der Waals surface area contributed by atoms with Crippen molar-refractivity contribution < 1.29 is 46.2 Å². The summed E-state index contributed by atoms with van der Waals surface area (Å²) in [5.41, 5.74) is 0.869. The maximum atomic E-state index is 11.9. The number of hydrogen-bond acceptors (Lipinski definition) is 7. The molecular formula is C19H27F3N4O7S. The Hall–Kier alpha value is -3.07. The number of nitrogens with zero attached hydrogens (tertiary/aromatic N) is 2. The van der Waals surface area contributed by atoms with Crippen molar-refractivity contribution in [1.29, 1.82) is 0 Å². The predicted molar refractivity (Wildman–Crippen MR) is 117 cm³/mol. The first-order chi connectivity index (χ1) is 15.5. The summed E-state index contributed by atoms with van der Waals surface area (Å²) >= 11 is 0. The number of carbonyl (C=O) groups is 3. The first-order valence-electron chi connectivity index (χ1n) is 9.91. The van der Waals surface area contributed by atoms with Crippen LogP contribution < -0.4 is 14.9 Å². The molecule has 15 heteroatoms. The number of anilines is 2. The molecule has 1 aromatic rings. The van der Waals surface area contributed by atoms with Crippen molar-refractivity contribution in [2.24, 2.45) is 0 Å². The van der Waals surface area contributed by atoms with Crippen molar-refractivity contribution in [2.45, 2.75) is 26.1 Å². The van der Waals surface area contributed by atoms with E-state index in [1.807, 2.05) is 23.6 Å². The van der Waals surface area contributed by atoms with Gasteiger partial charge in [-0.15, -0.1) is 0 Å². The summed E-state index contributed by atoms with van der Waals surface area (Å²) in [5.74, 6) is -3.91. The molecule has 0 bridgehead atoms. The van der Waals surface area contributed by atoms with Crippen molar-refractivity contribution in [3.05, 3.63) is 23.8 Å². The van der Waals surface area contributed by atoms with Crippen LogP contribution in [-0.4, -0.2) is 92.6 Å². The normalized spacial score (nSPS) is 14.7. The molecule has 1 saturated heterocycles. The molecule has 0 aliphatic carbocycles. The average molecular weight is 513 g/mol. The Balaban J connectivity index is 0.000000718. The molecule has 1 fully saturated rings. The van der Waals surface area contributed by atoms with E-state index in [0.29, 0.717) is 38.4 Å². The minimum atomic E-state index is -5.08. The number of aliphatic carboxylic acids is 1. The first-order valence-corrected chi connectivity index (χ1v) is 11.8. The number of aromatic carboxylic acids is 1. The van der Waals surface area contributed by atoms with Gasteiger partial charge in [-0.05, 0) is 32.0 Å². The molecule has 0 spiro atoms. The number of hydrogen-bond donors (Lipinski definition) is 4. The minimum Gasteiger partial charge on any atom is -0.478 e. The van der Waals surface area contributed by atoms with Crippen LogP contribution in [0.1, 0.15) is 24.2 Å². The molecule has 0 radical (unpaired) electrons. The molecule has 0 unspecified atom stereocenters. The second-order valence-corrected chi connectivity index (χ2v) is 9.45. The second kappa shape index (κ2) is 11.9. The quantitative estimate of drug-likeness (QED) is 0.419. The number of rotatable bonds is 7. The van der Waals surface area contributed by atoms with Crippen LogP contribution in [0, 0.1) is 0 Å². The second-order valence-electron chi connectivity index (χ2n) is 7.70. The Kier molecular flexibility index (Phi) is 10.1. The van der Waals surface area contributed by atoms with Gasteiger partial charge in [-0.25, -0.2) is 18.0 Å². The van der Waals surface area contributed by atoms with Gasteiger partial charge in [0.25, 0.3) is 0 Å². The zero-order chi connectivity index (χ0) is 26.3. The van der Waals surface area contributed by atoms with Crippen LogP contribution in [0.2, 0.25) is 0 Å².